The zero-order valence-corrected chi connectivity index (χ0v) is 12.9. The molecular formula is C16H14BrN3. The van der Waals surface area contributed by atoms with Crippen molar-refractivity contribution in [2.75, 3.05) is 0 Å². The fourth-order valence-corrected chi connectivity index (χ4v) is 2.36. The topological polar surface area (TPSA) is 41.6 Å². The van der Waals surface area contributed by atoms with E-state index in [-0.39, 0.29) is 0 Å². The van der Waals surface area contributed by atoms with E-state index in [1.165, 1.54) is 5.56 Å². The van der Waals surface area contributed by atoms with Crippen molar-refractivity contribution < 1.29 is 0 Å². The number of halogens is 1. The van der Waals surface area contributed by atoms with Crippen LogP contribution in [0.25, 0.3) is 10.9 Å². The third-order valence-electron chi connectivity index (χ3n) is 2.89. The predicted octanol–water partition coefficient (Wildman–Crippen LogP) is 4.20. The molecular weight excluding hydrogens is 314 g/mol. The number of aromatic nitrogens is 2. The van der Waals surface area contributed by atoms with Crippen LogP contribution in [0.1, 0.15) is 11.1 Å². The van der Waals surface area contributed by atoms with Gasteiger partial charge in [-0.05, 0) is 35.0 Å². The number of rotatable bonds is 0. The van der Waals surface area contributed by atoms with Gasteiger partial charge in [0, 0.05) is 16.9 Å². The number of fused-ring (bicyclic) bond motifs is 1. The molecule has 1 heterocycles. The average molecular weight is 328 g/mol. The van der Waals surface area contributed by atoms with Crippen LogP contribution in [0, 0.1) is 18.3 Å². The third-order valence-corrected chi connectivity index (χ3v) is 3.54. The second-order valence-corrected chi connectivity index (χ2v) is 5.28. The van der Waals surface area contributed by atoms with Crippen LogP contribution in [0.2, 0.25) is 0 Å². The van der Waals surface area contributed by atoms with E-state index >= 15 is 0 Å². The van der Waals surface area contributed by atoms with Crippen LogP contribution in [-0.2, 0) is 7.05 Å². The first-order valence-corrected chi connectivity index (χ1v) is 6.94. The Morgan fingerprint density at radius 2 is 1.90 bits per heavy atom. The Morgan fingerprint density at radius 3 is 2.45 bits per heavy atom. The van der Waals surface area contributed by atoms with E-state index in [2.05, 4.69) is 46.2 Å². The second kappa shape index (κ2) is 6.36. The average Bonchev–Trinajstić information content (AvgIpc) is 2.82. The molecule has 0 aliphatic heterocycles. The maximum absolute atomic E-state index is 8.75. The Labute approximate surface area is 126 Å². The Morgan fingerprint density at radius 1 is 1.20 bits per heavy atom. The van der Waals surface area contributed by atoms with Gasteiger partial charge in [-0.15, -0.1) is 0 Å². The van der Waals surface area contributed by atoms with Crippen LogP contribution >= 0.6 is 15.9 Å². The minimum Gasteiger partial charge on any atom is -0.268 e. The molecule has 2 aromatic carbocycles. The summed E-state index contributed by atoms with van der Waals surface area (Å²) in [4.78, 5) is 0. The molecule has 0 amide bonds. The Kier molecular flexibility index (Phi) is 4.54. The zero-order valence-electron chi connectivity index (χ0n) is 11.3. The van der Waals surface area contributed by atoms with Crippen molar-refractivity contribution in [3.63, 3.8) is 0 Å². The van der Waals surface area contributed by atoms with Gasteiger partial charge in [0.05, 0.1) is 23.3 Å². The van der Waals surface area contributed by atoms with Crippen molar-refractivity contribution in [2.45, 2.75) is 6.92 Å². The molecule has 0 bridgehead atoms. The summed E-state index contributed by atoms with van der Waals surface area (Å²) < 4.78 is 2.66. The lowest BCUT2D eigenvalue weighted by atomic mass is 10.2. The van der Waals surface area contributed by atoms with Crippen molar-refractivity contribution in [3.8, 4) is 6.07 Å². The van der Waals surface area contributed by atoms with Crippen LogP contribution in [0.15, 0.2) is 53.1 Å². The van der Waals surface area contributed by atoms with Crippen molar-refractivity contribution in [3.05, 3.63) is 64.3 Å². The quantitative estimate of drug-likeness (QED) is 0.620. The lowest BCUT2D eigenvalue weighted by molar-refractivity contribution is 0.797. The molecule has 0 N–H and O–H groups in total. The molecule has 0 aliphatic carbocycles. The molecule has 0 aliphatic rings. The van der Waals surface area contributed by atoms with Gasteiger partial charge in [0.15, 0.2) is 0 Å². The lowest BCUT2D eigenvalue weighted by Gasteiger charge is -1.96. The zero-order chi connectivity index (χ0) is 14.5. The number of benzene rings is 2. The highest BCUT2D eigenvalue weighted by atomic mass is 79.9. The van der Waals surface area contributed by atoms with Gasteiger partial charge in [-0.3, -0.25) is 4.68 Å². The number of nitrogens with zero attached hydrogens (tertiary/aromatic N) is 3. The molecule has 3 rings (SSSR count). The monoisotopic (exact) mass is 327 g/mol. The lowest BCUT2D eigenvalue weighted by Crippen LogP contribution is -1.89. The van der Waals surface area contributed by atoms with Crippen molar-refractivity contribution in [1.29, 1.82) is 5.26 Å². The second-order valence-electron chi connectivity index (χ2n) is 4.43. The van der Waals surface area contributed by atoms with Crippen LogP contribution in [0.4, 0.5) is 0 Å². The summed E-state index contributed by atoms with van der Waals surface area (Å²) in [7, 11) is 1.86. The number of hydrogen-bond acceptors (Lipinski definition) is 2. The molecule has 3 aromatic rings. The standard InChI is InChI=1S/C9H6BrN3.C7H8/c1-13-9-3-6(4-11)2-8(10)7(9)5-12-13;1-7-5-3-2-4-6-7/h2-3,5H,1H3;2-6H,1H3. The van der Waals surface area contributed by atoms with Crippen LogP contribution < -0.4 is 0 Å². The highest BCUT2D eigenvalue weighted by Crippen LogP contribution is 2.24. The molecule has 0 atom stereocenters. The molecule has 0 unspecified atom stereocenters. The summed E-state index contributed by atoms with van der Waals surface area (Å²) in [5, 5.41) is 13.9. The van der Waals surface area contributed by atoms with Gasteiger partial charge in [-0.25, -0.2) is 0 Å². The molecule has 0 saturated carbocycles. The molecule has 4 heteroatoms. The molecule has 0 spiro atoms. The van der Waals surface area contributed by atoms with Gasteiger partial charge < -0.3 is 0 Å². The Balaban J connectivity index is 0.000000178. The predicted molar refractivity (Wildman–Crippen MR) is 84.3 cm³/mol. The van der Waals surface area contributed by atoms with Crippen molar-refractivity contribution in [1.82, 2.24) is 9.78 Å². The summed E-state index contributed by atoms with van der Waals surface area (Å²) in [6.07, 6.45) is 1.78. The maximum atomic E-state index is 8.75. The van der Waals surface area contributed by atoms with Crippen LogP contribution in [-0.4, -0.2) is 9.78 Å². The van der Waals surface area contributed by atoms with Gasteiger partial charge in [0.2, 0.25) is 0 Å². The smallest absolute Gasteiger partial charge is 0.0992 e. The minimum absolute atomic E-state index is 0.642. The number of hydrogen-bond donors (Lipinski definition) is 0. The first-order chi connectivity index (χ1) is 9.61. The van der Waals surface area contributed by atoms with E-state index in [1.807, 2.05) is 31.3 Å². The molecule has 3 nitrogen and oxygen atoms in total. The SMILES string of the molecule is Cc1ccccc1.Cn1ncc2c(Br)cc(C#N)cc21. The number of nitriles is 1. The summed E-state index contributed by atoms with van der Waals surface area (Å²) in [5.41, 5.74) is 2.93. The Hall–Kier alpha value is -2.12. The van der Waals surface area contributed by atoms with E-state index in [4.69, 9.17) is 5.26 Å². The van der Waals surface area contributed by atoms with Gasteiger partial charge >= 0.3 is 0 Å². The Bertz CT molecular complexity index is 754. The summed E-state index contributed by atoms with van der Waals surface area (Å²) in [5.74, 6) is 0. The molecule has 1 aromatic heterocycles. The van der Waals surface area contributed by atoms with Gasteiger partial charge in [0.25, 0.3) is 0 Å². The minimum atomic E-state index is 0.642. The van der Waals surface area contributed by atoms with E-state index in [9.17, 15) is 0 Å². The van der Waals surface area contributed by atoms with Gasteiger partial charge in [-0.2, -0.15) is 10.4 Å². The molecule has 20 heavy (non-hydrogen) atoms. The summed E-state index contributed by atoms with van der Waals surface area (Å²) in [6, 6.07) is 16.0. The highest BCUT2D eigenvalue weighted by Gasteiger charge is 2.05. The molecule has 0 radical (unpaired) electrons. The molecule has 0 fully saturated rings. The van der Waals surface area contributed by atoms with E-state index in [1.54, 1.807) is 16.9 Å². The summed E-state index contributed by atoms with van der Waals surface area (Å²) >= 11 is 3.40. The first-order valence-electron chi connectivity index (χ1n) is 6.15. The van der Waals surface area contributed by atoms with Crippen LogP contribution in [0.3, 0.4) is 0 Å². The third kappa shape index (κ3) is 3.25. The van der Waals surface area contributed by atoms with E-state index in [0.717, 1.165) is 15.4 Å². The first kappa shape index (κ1) is 14.3. The molecule has 100 valence electrons. The van der Waals surface area contributed by atoms with E-state index < -0.39 is 0 Å². The highest BCUT2D eigenvalue weighted by molar-refractivity contribution is 9.10. The van der Waals surface area contributed by atoms with Crippen molar-refractivity contribution in [2.24, 2.45) is 7.05 Å². The fourth-order valence-electron chi connectivity index (χ4n) is 1.80. The van der Waals surface area contributed by atoms with Crippen LogP contribution in [0.5, 0.6) is 0 Å². The normalized spacial score (nSPS) is 9.70. The maximum Gasteiger partial charge on any atom is 0.0992 e. The fraction of sp³-hybridized carbons (Fsp3) is 0.125. The van der Waals surface area contributed by atoms with Gasteiger partial charge in [-0.1, -0.05) is 35.9 Å². The number of aryl methyl sites for hydroxylation is 2. The van der Waals surface area contributed by atoms with E-state index in [0.29, 0.717) is 5.56 Å². The molecule has 0 saturated heterocycles. The largest absolute Gasteiger partial charge is 0.268 e. The summed E-state index contributed by atoms with van der Waals surface area (Å²) in [6.45, 7) is 2.08. The van der Waals surface area contributed by atoms with Gasteiger partial charge in [0.1, 0.15) is 0 Å². The van der Waals surface area contributed by atoms with Crippen molar-refractivity contribution >= 4 is 26.8 Å².